The van der Waals surface area contributed by atoms with Gasteiger partial charge in [0, 0.05) is 48.2 Å². The maximum absolute atomic E-state index is 12.4. The van der Waals surface area contributed by atoms with Crippen molar-refractivity contribution in [3.8, 4) is 0 Å². The Morgan fingerprint density at radius 3 is 2.52 bits per heavy atom. The quantitative estimate of drug-likeness (QED) is 0.474. The summed E-state index contributed by atoms with van der Waals surface area (Å²) in [4.78, 5) is 19.4. The van der Waals surface area contributed by atoms with Crippen molar-refractivity contribution < 1.29 is 4.79 Å². The van der Waals surface area contributed by atoms with Crippen molar-refractivity contribution in [2.45, 2.75) is 19.3 Å². The zero-order chi connectivity index (χ0) is 21.8. The summed E-state index contributed by atoms with van der Waals surface area (Å²) in [5, 5.41) is 5.53. The van der Waals surface area contributed by atoms with Crippen LogP contribution in [0.2, 0.25) is 15.1 Å². The number of carbonyl (C=O) groups is 1. The lowest BCUT2D eigenvalue weighted by molar-refractivity contribution is 0.0945. The average Bonchev–Trinajstić information content (AvgIpc) is 3.24. The first kappa shape index (κ1) is 22.3. The van der Waals surface area contributed by atoms with Crippen molar-refractivity contribution in [3.05, 3.63) is 74.5 Å². The van der Waals surface area contributed by atoms with Crippen molar-refractivity contribution in [1.82, 2.24) is 14.7 Å². The molecule has 2 aromatic carbocycles. The molecular weight excluding hydrogens is 475 g/mol. The molecule has 1 amide bonds. The molecule has 5 nitrogen and oxygen atoms in total. The van der Waals surface area contributed by atoms with Gasteiger partial charge in [-0.1, -0.05) is 46.9 Å². The highest BCUT2D eigenvalue weighted by molar-refractivity contribution is 7.09. The molecule has 0 aliphatic carbocycles. The third-order valence-electron chi connectivity index (χ3n) is 5.35. The minimum absolute atomic E-state index is 0.128. The van der Waals surface area contributed by atoms with E-state index in [1.54, 1.807) is 18.2 Å². The van der Waals surface area contributed by atoms with Crippen LogP contribution in [0.4, 0.5) is 5.13 Å². The summed E-state index contributed by atoms with van der Waals surface area (Å²) >= 11 is 19.3. The summed E-state index contributed by atoms with van der Waals surface area (Å²) in [6, 6.07) is 12.7. The Labute approximate surface area is 200 Å². The highest BCUT2D eigenvalue weighted by atomic mass is 35.5. The van der Waals surface area contributed by atoms with Gasteiger partial charge in [-0.2, -0.15) is 4.37 Å². The Morgan fingerprint density at radius 1 is 1.06 bits per heavy atom. The second-order valence-corrected chi connectivity index (χ2v) is 9.55. The van der Waals surface area contributed by atoms with E-state index in [9.17, 15) is 4.79 Å². The van der Waals surface area contributed by atoms with Gasteiger partial charge in [-0.25, -0.2) is 4.98 Å². The van der Waals surface area contributed by atoms with Crippen LogP contribution in [0, 0.1) is 5.92 Å². The Hall–Kier alpha value is -1.86. The van der Waals surface area contributed by atoms with E-state index in [1.807, 2.05) is 24.3 Å². The number of carbonyl (C=O) groups excluding carboxylic acids is 1. The molecule has 0 saturated carbocycles. The van der Waals surface area contributed by atoms with Crippen LogP contribution in [-0.4, -0.2) is 34.9 Å². The largest absolute Gasteiger partial charge is 0.352 e. The Balaban J connectivity index is 1.25. The van der Waals surface area contributed by atoms with E-state index in [1.165, 1.54) is 11.5 Å². The van der Waals surface area contributed by atoms with E-state index in [4.69, 9.17) is 39.8 Å². The van der Waals surface area contributed by atoms with Gasteiger partial charge >= 0.3 is 0 Å². The van der Waals surface area contributed by atoms with E-state index >= 15 is 0 Å². The van der Waals surface area contributed by atoms with Crippen LogP contribution < -0.4 is 10.2 Å². The topological polar surface area (TPSA) is 58.1 Å². The standard InChI is InChI=1S/C22H21Cl3N4OS/c23-17-4-1-14(2-5-17)11-20-27-22(31-28-20)29-9-7-15(8-10-29)13-26-21(30)16-3-6-18(24)19(25)12-16/h1-6,12,15H,7-11,13H2,(H,26,30). The lowest BCUT2D eigenvalue weighted by Gasteiger charge is -2.31. The summed E-state index contributed by atoms with van der Waals surface area (Å²) < 4.78 is 4.51. The number of hydrogen-bond donors (Lipinski definition) is 1. The molecule has 1 aromatic heterocycles. The van der Waals surface area contributed by atoms with Crippen molar-refractivity contribution in [2.75, 3.05) is 24.5 Å². The van der Waals surface area contributed by atoms with E-state index in [0.717, 1.165) is 47.5 Å². The molecule has 0 spiro atoms. The smallest absolute Gasteiger partial charge is 0.251 e. The molecule has 0 radical (unpaired) electrons. The van der Waals surface area contributed by atoms with Gasteiger partial charge in [0.1, 0.15) is 5.82 Å². The lowest BCUT2D eigenvalue weighted by Crippen LogP contribution is -2.38. The van der Waals surface area contributed by atoms with Gasteiger partial charge in [0.15, 0.2) is 0 Å². The van der Waals surface area contributed by atoms with Crippen molar-refractivity contribution in [1.29, 1.82) is 0 Å². The first-order chi connectivity index (χ1) is 15.0. The van der Waals surface area contributed by atoms with Gasteiger partial charge in [-0.05, 0) is 54.7 Å². The van der Waals surface area contributed by atoms with Crippen molar-refractivity contribution in [2.24, 2.45) is 5.92 Å². The maximum Gasteiger partial charge on any atom is 0.251 e. The third-order valence-corrected chi connectivity index (χ3v) is 7.16. The number of nitrogens with zero attached hydrogens (tertiary/aromatic N) is 3. The van der Waals surface area contributed by atoms with Gasteiger partial charge in [0.2, 0.25) is 5.13 Å². The molecule has 4 rings (SSSR count). The maximum atomic E-state index is 12.4. The molecule has 1 fully saturated rings. The number of nitrogens with one attached hydrogen (secondary N) is 1. The Bertz CT molecular complexity index is 1050. The summed E-state index contributed by atoms with van der Waals surface area (Å²) in [5.41, 5.74) is 1.67. The predicted octanol–water partition coefficient (Wildman–Crippen LogP) is 5.74. The van der Waals surface area contributed by atoms with Crippen LogP contribution in [0.3, 0.4) is 0 Å². The fraction of sp³-hybridized carbons (Fsp3) is 0.318. The fourth-order valence-electron chi connectivity index (χ4n) is 3.53. The number of benzene rings is 2. The molecule has 1 aliphatic heterocycles. The fourth-order valence-corrected chi connectivity index (χ4v) is 4.70. The number of anilines is 1. The summed E-state index contributed by atoms with van der Waals surface area (Å²) in [5.74, 6) is 1.14. The summed E-state index contributed by atoms with van der Waals surface area (Å²) in [6.07, 6.45) is 2.69. The normalized spacial score (nSPS) is 14.6. The van der Waals surface area contributed by atoms with Gasteiger partial charge in [0.25, 0.3) is 5.91 Å². The van der Waals surface area contributed by atoms with Crippen LogP contribution in [0.25, 0.3) is 0 Å². The number of piperidine rings is 1. The predicted molar refractivity (Wildman–Crippen MR) is 128 cm³/mol. The number of halogens is 3. The van der Waals surface area contributed by atoms with Gasteiger partial charge in [-0.3, -0.25) is 4.79 Å². The highest BCUT2D eigenvalue weighted by Gasteiger charge is 2.22. The van der Waals surface area contributed by atoms with E-state index in [-0.39, 0.29) is 5.91 Å². The molecular formula is C22H21Cl3N4OS. The monoisotopic (exact) mass is 494 g/mol. The number of hydrogen-bond acceptors (Lipinski definition) is 5. The highest BCUT2D eigenvalue weighted by Crippen LogP contribution is 2.26. The molecule has 162 valence electrons. The molecule has 0 bridgehead atoms. The minimum atomic E-state index is -0.128. The van der Waals surface area contributed by atoms with E-state index in [2.05, 4.69) is 14.6 Å². The molecule has 31 heavy (non-hydrogen) atoms. The Kier molecular flexibility index (Phi) is 7.33. The van der Waals surface area contributed by atoms with Gasteiger partial charge in [-0.15, -0.1) is 0 Å². The van der Waals surface area contributed by atoms with E-state index in [0.29, 0.717) is 34.5 Å². The number of aromatic nitrogens is 2. The molecule has 1 saturated heterocycles. The molecule has 2 heterocycles. The number of amides is 1. The first-order valence-corrected chi connectivity index (χ1v) is 11.9. The SMILES string of the molecule is O=C(NCC1CCN(c2nc(Cc3ccc(Cl)cc3)ns2)CC1)c1ccc(Cl)c(Cl)c1. The average molecular weight is 496 g/mol. The molecule has 0 unspecified atom stereocenters. The van der Waals surface area contributed by atoms with Gasteiger partial charge in [0.05, 0.1) is 10.0 Å². The Morgan fingerprint density at radius 2 is 1.81 bits per heavy atom. The summed E-state index contributed by atoms with van der Waals surface area (Å²) in [7, 11) is 0. The van der Waals surface area contributed by atoms with Crippen LogP contribution in [0.1, 0.15) is 34.6 Å². The lowest BCUT2D eigenvalue weighted by atomic mass is 9.97. The third kappa shape index (κ3) is 5.89. The van der Waals surface area contributed by atoms with Crippen LogP contribution in [-0.2, 0) is 6.42 Å². The zero-order valence-corrected chi connectivity index (χ0v) is 19.7. The van der Waals surface area contributed by atoms with Crippen LogP contribution in [0.5, 0.6) is 0 Å². The molecule has 0 atom stereocenters. The van der Waals surface area contributed by atoms with Crippen molar-refractivity contribution in [3.63, 3.8) is 0 Å². The molecule has 9 heteroatoms. The number of rotatable bonds is 6. The first-order valence-electron chi connectivity index (χ1n) is 10.0. The molecule has 3 aromatic rings. The van der Waals surface area contributed by atoms with Crippen molar-refractivity contribution >= 4 is 57.4 Å². The van der Waals surface area contributed by atoms with Crippen LogP contribution >= 0.6 is 46.3 Å². The summed E-state index contributed by atoms with van der Waals surface area (Å²) in [6.45, 7) is 2.45. The molecule has 1 N–H and O–H groups in total. The molecule has 1 aliphatic rings. The van der Waals surface area contributed by atoms with E-state index < -0.39 is 0 Å². The second kappa shape index (κ2) is 10.2. The zero-order valence-electron chi connectivity index (χ0n) is 16.7. The minimum Gasteiger partial charge on any atom is -0.352 e. The second-order valence-electron chi connectivity index (χ2n) is 7.57. The van der Waals surface area contributed by atoms with Crippen LogP contribution in [0.15, 0.2) is 42.5 Å². The van der Waals surface area contributed by atoms with Gasteiger partial charge < -0.3 is 10.2 Å².